The number of hydrogen-bond acceptors (Lipinski definition) is 1. The number of rotatable bonds is 4. The molecule has 1 aromatic carbocycles. The zero-order chi connectivity index (χ0) is 11.5. The SMILES string of the molecule is CC(C)C(F)(F)c1ccc(CCO)cc1. The molecule has 0 amide bonds. The molecular formula is C12H16F2O. The molecule has 0 atom stereocenters. The molecule has 0 unspecified atom stereocenters. The van der Waals surface area contributed by atoms with E-state index in [0.717, 1.165) is 5.56 Å². The van der Waals surface area contributed by atoms with E-state index in [1.165, 1.54) is 26.0 Å². The number of aliphatic hydroxyl groups excluding tert-OH is 1. The lowest BCUT2D eigenvalue weighted by atomic mass is 9.96. The van der Waals surface area contributed by atoms with Gasteiger partial charge in [-0.3, -0.25) is 0 Å². The highest BCUT2D eigenvalue weighted by atomic mass is 19.3. The van der Waals surface area contributed by atoms with Crippen LogP contribution in [0.5, 0.6) is 0 Å². The highest BCUT2D eigenvalue weighted by Crippen LogP contribution is 2.35. The summed E-state index contributed by atoms with van der Waals surface area (Å²) in [7, 11) is 0. The van der Waals surface area contributed by atoms with Crippen molar-refractivity contribution in [3.63, 3.8) is 0 Å². The molecule has 0 saturated heterocycles. The molecule has 0 heterocycles. The third-order valence-corrected chi connectivity index (χ3v) is 2.46. The summed E-state index contributed by atoms with van der Waals surface area (Å²) in [5.41, 5.74) is 0.917. The van der Waals surface area contributed by atoms with Crippen LogP contribution in [0.25, 0.3) is 0 Å². The number of aliphatic hydroxyl groups is 1. The van der Waals surface area contributed by atoms with Crippen LogP contribution in [0.3, 0.4) is 0 Å². The Balaban J connectivity index is 2.88. The Labute approximate surface area is 88.7 Å². The third kappa shape index (κ3) is 2.75. The molecule has 0 fully saturated rings. The van der Waals surface area contributed by atoms with Gasteiger partial charge in [0.05, 0.1) is 0 Å². The molecule has 84 valence electrons. The lowest BCUT2D eigenvalue weighted by molar-refractivity contribution is -0.0513. The molecule has 1 aromatic rings. The van der Waals surface area contributed by atoms with Gasteiger partial charge in [0, 0.05) is 18.1 Å². The van der Waals surface area contributed by atoms with E-state index in [-0.39, 0.29) is 12.2 Å². The van der Waals surface area contributed by atoms with Crippen molar-refractivity contribution in [3.05, 3.63) is 35.4 Å². The fraction of sp³-hybridized carbons (Fsp3) is 0.500. The first-order valence-corrected chi connectivity index (χ1v) is 5.06. The maximum atomic E-state index is 13.5. The summed E-state index contributed by atoms with van der Waals surface area (Å²) in [4.78, 5) is 0. The fourth-order valence-electron chi connectivity index (χ4n) is 1.36. The van der Waals surface area contributed by atoms with Gasteiger partial charge in [0.15, 0.2) is 0 Å². The van der Waals surface area contributed by atoms with E-state index < -0.39 is 11.8 Å². The van der Waals surface area contributed by atoms with Gasteiger partial charge in [0.2, 0.25) is 0 Å². The number of benzene rings is 1. The molecule has 1 N–H and O–H groups in total. The Kier molecular flexibility index (Phi) is 3.80. The molecule has 1 rings (SSSR count). The second kappa shape index (κ2) is 4.71. The molecule has 3 heteroatoms. The second-order valence-electron chi connectivity index (χ2n) is 3.95. The van der Waals surface area contributed by atoms with Gasteiger partial charge < -0.3 is 5.11 Å². The van der Waals surface area contributed by atoms with Gasteiger partial charge in [-0.1, -0.05) is 38.1 Å². The molecule has 0 bridgehead atoms. The first kappa shape index (κ1) is 12.1. The first-order chi connectivity index (χ1) is 6.98. The summed E-state index contributed by atoms with van der Waals surface area (Å²) in [6.45, 7) is 3.04. The van der Waals surface area contributed by atoms with Crippen molar-refractivity contribution >= 4 is 0 Å². The normalized spacial score (nSPS) is 12.1. The van der Waals surface area contributed by atoms with Crippen LogP contribution in [0, 0.1) is 5.92 Å². The molecule has 0 aliphatic rings. The molecule has 0 spiro atoms. The lowest BCUT2D eigenvalue weighted by Gasteiger charge is -2.20. The van der Waals surface area contributed by atoms with E-state index in [9.17, 15) is 8.78 Å². The predicted molar refractivity (Wildman–Crippen MR) is 56.0 cm³/mol. The van der Waals surface area contributed by atoms with Crippen molar-refractivity contribution < 1.29 is 13.9 Å². The van der Waals surface area contributed by atoms with Crippen LogP contribution in [0.2, 0.25) is 0 Å². The highest BCUT2D eigenvalue weighted by Gasteiger charge is 2.35. The summed E-state index contributed by atoms with van der Waals surface area (Å²) >= 11 is 0. The molecule has 1 nitrogen and oxygen atoms in total. The molecule has 15 heavy (non-hydrogen) atoms. The van der Waals surface area contributed by atoms with Crippen molar-refractivity contribution in [2.24, 2.45) is 5.92 Å². The maximum Gasteiger partial charge on any atom is 0.275 e. The first-order valence-electron chi connectivity index (χ1n) is 5.06. The van der Waals surface area contributed by atoms with Crippen molar-refractivity contribution in [2.75, 3.05) is 6.61 Å². The average Bonchev–Trinajstić information content (AvgIpc) is 2.19. The van der Waals surface area contributed by atoms with Crippen LogP contribution in [-0.4, -0.2) is 11.7 Å². The van der Waals surface area contributed by atoms with E-state index in [0.29, 0.717) is 6.42 Å². The van der Waals surface area contributed by atoms with E-state index in [1.807, 2.05) is 0 Å². The second-order valence-corrected chi connectivity index (χ2v) is 3.95. The standard InChI is InChI=1S/C12H16F2O/c1-9(2)12(13,14)11-5-3-10(4-6-11)7-8-15/h3-6,9,15H,7-8H2,1-2H3. The van der Waals surface area contributed by atoms with E-state index >= 15 is 0 Å². The van der Waals surface area contributed by atoms with Crippen LogP contribution in [0.15, 0.2) is 24.3 Å². The summed E-state index contributed by atoms with van der Waals surface area (Å²) in [5.74, 6) is -3.49. The number of halogens is 2. The van der Waals surface area contributed by atoms with Gasteiger partial charge >= 0.3 is 0 Å². The third-order valence-electron chi connectivity index (χ3n) is 2.46. The maximum absolute atomic E-state index is 13.5. The topological polar surface area (TPSA) is 20.2 Å². The van der Waals surface area contributed by atoms with Crippen LogP contribution in [0.1, 0.15) is 25.0 Å². The van der Waals surface area contributed by atoms with Gasteiger partial charge in [-0.05, 0) is 12.0 Å². The van der Waals surface area contributed by atoms with Crippen LogP contribution in [0.4, 0.5) is 8.78 Å². The Morgan fingerprint density at radius 3 is 2.13 bits per heavy atom. The van der Waals surface area contributed by atoms with Crippen LogP contribution in [-0.2, 0) is 12.3 Å². The molecule has 0 radical (unpaired) electrons. The monoisotopic (exact) mass is 214 g/mol. The average molecular weight is 214 g/mol. The van der Waals surface area contributed by atoms with Crippen molar-refractivity contribution in [3.8, 4) is 0 Å². The minimum atomic E-state index is -2.78. The van der Waals surface area contributed by atoms with Gasteiger partial charge in [-0.15, -0.1) is 0 Å². The molecule has 0 saturated carbocycles. The molecule has 0 aromatic heterocycles. The Morgan fingerprint density at radius 1 is 1.20 bits per heavy atom. The minimum Gasteiger partial charge on any atom is -0.396 e. The largest absolute Gasteiger partial charge is 0.396 e. The van der Waals surface area contributed by atoms with Crippen LogP contribution >= 0.6 is 0 Å². The van der Waals surface area contributed by atoms with Gasteiger partial charge in [0.1, 0.15) is 0 Å². The van der Waals surface area contributed by atoms with Gasteiger partial charge in [-0.2, -0.15) is 0 Å². The van der Waals surface area contributed by atoms with E-state index in [1.54, 1.807) is 12.1 Å². The van der Waals surface area contributed by atoms with Gasteiger partial charge in [-0.25, -0.2) is 8.78 Å². The Morgan fingerprint density at radius 2 is 1.73 bits per heavy atom. The fourth-order valence-corrected chi connectivity index (χ4v) is 1.36. The zero-order valence-corrected chi connectivity index (χ0v) is 9.00. The summed E-state index contributed by atoms with van der Waals surface area (Å²) < 4.78 is 27.1. The van der Waals surface area contributed by atoms with E-state index in [2.05, 4.69) is 0 Å². The summed E-state index contributed by atoms with van der Waals surface area (Å²) in [6, 6.07) is 6.15. The minimum absolute atomic E-state index is 0.0409. The van der Waals surface area contributed by atoms with Gasteiger partial charge in [0.25, 0.3) is 5.92 Å². The predicted octanol–water partition coefficient (Wildman–Crippen LogP) is 2.97. The quantitative estimate of drug-likeness (QED) is 0.817. The van der Waals surface area contributed by atoms with Crippen molar-refractivity contribution in [2.45, 2.75) is 26.2 Å². The molecule has 0 aliphatic heterocycles. The van der Waals surface area contributed by atoms with Crippen molar-refractivity contribution in [1.82, 2.24) is 0 Å². The van der Waals surface area contributed by atoms with Crippen LogP contribution < -0.4 is 0 Å². The Hall–Kier alpha value is -0.960. The highest BCUT2D eigenvalue weighted by molar-refractivity contribution is 5.26. The summed E-state index contributed by atoms with van der Waals surface area (Å²) in [5, 5.41) is 8.69. The number of hydrogen-bond donors (Lipinski definition) is 1. The van der Waals surface area contributed by atoms with E-state index in [4.69, 9.17) is 5.11 Å². The zero-order valence-electron chi connectivity index (χ0n) is 9.00. The molecular weight excluding hydrogens is 198 g/mol. The lowest BCUT2D eigenvalue weighted by Crippen LogP contribution is -2.20. The summed E-state index contributed by atoms with van der Waals surface area (Å²) in [6.07, 6.45) is 0.507. The number of alkyl halides is 2. The Bertz CT molecular complexity index is 304. The van der Waals surface area contributed by atoms with Crippen molar-refractivity contribution in [1.29, 1.82) is 0 Å². The smallest absolute Gasteiger partial charge is 0.275 e. The molecule has 0 aliphatic carbocycles.